The van der Waals surface area contributed by atoms with E-state index in [-0.39, 0.29) is 11.0 Å². The lowest BCUT2D eigenvalue weighted by Crippen LogP contribution is -2.15. The van der Waals surface area contributed by atoms with Gasteiger partial charge in [0.05, 0.1) is 5.69 Å². The molecule has 0 fully saturated rings. The first-order valence-electron chi connectivity index (χ1n) is 9.99. The minimum atomic E-state index is -0.251. The lowest BCUT2D eigenvalue weighted by atomic mass is 9.87. The fraction of sp³-hybridized carbons (Fsp3) is 0.318. The second-order valence-electron chi connectivity index (χ2n) is 8.21. The number of hydrogen-bond acceptors (Lipinski definition) is 6. The Balaban J connectivity index is 1.59. The van der Waals surface area contributed by atoms with E-state index in [1.807, 2.05) is 6.07 Å². The van der Waals surface area contributed by atoms with Gasteiger partial charge in [0, 0.05) is 30.1 Å². The fourth-order valence-corrected chi connectivity index (χ4v) is 4.23. The molecule has 0 saturated heterocycles. The maximum Gasteiger partial charge on any atom is 0.272 e. The van der Waals surface area contributed by atoms with Crippen LogP contribution in [0.3, 0.4) is 0 Å². The van der Waals surface area contributed by atoms with Gasteiger partial charge in [0.25, 0.3) is 5.56 Å². The molecule has 0 aliphatic carbocycles. The zero-order valence-electron chi connectivity index (χ0n) is 17.9. The highest BCUT2D eigenvalue weighted by molar-refractivity contribution is 7.98. The lowest BCUT2D eigenvalue weighted by molar-refractivity contribution is 0.590. The Morgan fingerprint density at radius 2 is 1.94 bits per heavy atom. The highest BCUT2D eigenvalue weighted by Gasteiger charge is 2.17. The molecule has 4 aromatic rings. The summed E-state index contributed by atoms with van der Waals surface area (Å²) in [6.07, 6.45) is 1.48. The zero-order chi connectivity index (χ0) is 22.2. The number of hydrogen-bond donors (Lipinski definition) is 1. The number of thioether (sulfide) groups is 1. The maximum absolute atomic E-state index is 12.3. The summed E-state index contributed by atoms with van der Waals surface area (Å²) in [5.41, 5.74) is 3.38. The third-order valence-corrected chi connectivity index (χ3v) is 6.06. The number of aromatic nitrogens is 6. The smallest absolute Gasteiger partial charge is 0.272 e. The molecule has 31 heavy (non-hydrogen) atoms. The van der Waals surface area contributed by atoms with E-state index in [1.54, 1.807) is 0 Å². The van der Waals surface area contributed by atoms with E-state index >= 15 is 0 Å². The van der Waals surface area contributed by atoms with Crippen LogP contribution in [0.1, 0.15) is 44.5 Å². The molecule has 1 aromatic carbocycles. The van der Waals surface area contributed by atoms with Gasteiger partial charge in [-0.25, -0.2) is 9.50 Å². The van der Waals surface area contributed by atoms with Crippen molar-refractivity contribution in [3.8, 4) is 17.5 Å². The van der Waals surface area contributed by atoms with Crippen LogP contribution < -0.4 is 5.56 Å². The number of benzene rings is 1. The normalized spacial score (nSPS) is 11.7. The van der Waals surface area contributed by atoms with Gasteiger partial charge in [-0.2, -0.15) is 5.26 Å². The molecule has 0 spiro atoms. The molecule has 4 rings (SSSR count). The van der Waals surface area contributed by atoms with Crippen molar-refractivity contribution in [1.82, 2.24) is 29.4 Å². The standard InChI is InChI=1S/C22H23N7OS/c1-5-28-20(14-6-8-16(9-7-14)22(2,3)4)26-27-21(28)31-13-17-10-18(30)29-19(25-17)15(11-23)12-24-29/h6-10,12,24H,5,13H2,1-4H3. The van der Waals surface area contributed by atoms with Crippen molar-refractivity contribution in [2.24, 2.45) is 0 Å². The second kappa shape index (κ2) is 8.04. The Bertz CT molecular complexity index is 1330. The Morgan fingerprint density at radius 3 is 2.58 bits per heavy atom. The summed E-state index contributed by atoms with van der Waals surface area (Å²) in [5, 5.41) is 21.5. The Labute approximate surface area is 183 Å². The molecule has 8 nitrogen and oxygen atoms in total. The Kier molecular flexibility index (Phi) is 5.41. The van der Waals surface area contributed by atoms with Crippen molar-refractivity contribution in [3.05, 3.63) is 63.7 Å². The van der Waals surface area contributed by atoms with Gasteiger partial charge in [-0.15, -0.1) is 10.2 Å². The number of H-pyrrole nitrogens is 1. The van der Waals surface area contributed by atoms with Crippen molar-refractivity contribution in [3.63, 3.8) is 0 Å². The monoisotopic (exact) mass is 433 g/mol. The van der Waals surface area contributed by atoms with E-state index < -0.39 is 0 Å². The first kappa shape index (κ1) is 20.9. The molecule has 0 bridgehead atoms. The van der Waals surface area contributed by atoms with Crippen LogP contribution in [-0.2, 0) is 17.7 Å². The van der Waals surface area contributed by atoms with Gasteiger partial charge in [0.15, 0.2) is 16.6 Å². The molecule has 0 saturated carbocycles. The van der Waals surface area contributed by atoms with Crippen molar-refractivity contribution < 1.29 is 0 Å². The third kappa shape index (κ3) is 3.99. The molecule has 0 aliphatic rings. The van der Waals surface area contributed by atoms with Crippen LogP contribution in [0.15, 0.2) is 46.5 Å². The van der Waals surface area contributed by atoms with Crippen LogP contribution in [0.4, 0.5) is 0 Å². The summed E-state index contributed by atoms with van der Waals surface area (Å²) in [6.45, 7) is 9.34. The maximum atomic E-state index is 12.3. The van der Waals surface area contributed by atoms with Gasteiger partial charge in [-0.3, -0.25) is 9.89 Å². The molecule has 1 N–H and O–H groups in total. The van der Waals surface area contributed by atoms with Crippen molar-refractivity contribution in [2.75, 3.05) is 0 Å². The zero-order valence-corrected chi connectivity index (χ0v) is 18.7. The molecular formula is C22H23N7OS. The summed E-state index contributed by atoms with van der Waals surface area (Å²) in [6, 6.07) is 11.9. The average Bonchev–Trinajstić information content (AvgIpc) is 3.35. The molecule has 0 unspecified atom stereocenters. The number of nitrogens with zero attached hydrogens (tertiary/aromatic N) is 6. The van der Waals surface area contributed by atoms with Gasteiger partial charge in [0.2, 0.25) is 0 Å². The van der Waals surface area contributed by atoms with Crippen LogP contribution in [-0.4, -0.2) is 29.4 Å². The molecule has 0 atom stereocenters. The van der Waals surface area contributed by atoms with Gasteiger partial charge in [-0.05, 0) is 17.9 Å². The summed E-state index contributed by atoms with van der Waals surface area (Å²) in [7, 11) is 0. The number of fused-ring (bicyclic) bond motifs is 1. The molecule has 158 valence electrons. The summed E-state index contributed by atoms with van der Waals surface area (Å²) < 4.78 is 3.32. The van der Waals surface area contributed by atoms with Gasteiger partial charge < -0.3 is 4.57 Å². The van der Waals surface area contributed by atoms with E-state index in [9.17, 15) is 10.1 Å². The van der Waals surface area contributed by atoms with Crippen LogP contribution in [0, 0.1) is 11.3 Å². The topological polar surface area (TPSA) is 105 Å². The number of nitrogens with one attached hydrogen (secondary N) is 1. The molecule has 0 radical (unpaired) electrons. The minimum absolute atomic E-state index is 0.0929. The SMILES string of the molecule is CCn1c(SCc2cc(=O)n3[nH]cc(C#N)c3n2)nnc1-c1ccc(C(C)(C)C)cc1. The van der Waals surface area contributed by atoms with Crippen molar-refractivity contribution >= 4 is 17.4 Å². The summed E-state index contributed by atoms with van der Waals surface area (Å²) in [5.74, 6) is 1.26. The molecule has 3 aromatic heterocycles. The first-order chi connectivity index (χ1) is 14.8. The van der Waals surface area contributed by atoms with E-state index in [2.05, 4.69) is 76.8 Å². The van der Waals surface area contributed by atoms with Crippen LogP contribution in [0.25, 0.3) is 17.0 Å². The van der Waals surface area contributed by atoms with E-state index in [1.165, 1.54) is 34.1 Å². The first-order valence-corrected chi connectivity index (χ1v) is 11.0. The van der Waals surface area contributed by atoms with E-state index in [4.69, 9.17) is 0 Å². The van der Waals surface area contributed by atoms with Crippen molar-refractivity contribution in [1.29, 1.82) is 5.26 Å². The van der Waals surface area contributed by atoms with Gasteiger partial charge in [-0.1, -0.05) is 56.8 Å². The number of aromatic amines is 1. The van der Waals surface area contributed by atoms with Crippen LogP contribution in [0.2, 0.25) is 0 Å². The van der Waals surface area contributed by atoms with Gasteiger partial charge in [0.1, 0.15) is 11.6 Å². The quantitative estimate of drug-likeness (QED) is 0.481. The molecule has 0 amide bonds. The predicted octanol–water partition coefficient (Wildman–Crippen LogP) is 3.76. The van der Waals surface area contributed by atoms with E-state index in [0.717, 1.165) is 23.1 Å². The predicted molar refractivity (Wildman–Crippen MR) is 120 cm³/mol. The third-order valence-electron chi connectivity index (χ3n) is 5.06. The molecular weight excluding hydrogens is 410 g/mol. The number of nitriles is 1. The molecule has 9 heteroatoms. The van der Waals surface area contributed by atoms with Gasteiger partial charge >= 0.3 is 0 Å². The largest absolute Gasteiger partial charge is 0.302 e. The van der Waals surface area contributed by atoms with Crippen molar-refractivity contribution in [2.45, 2.75) is 50.6 Å². The van der Waals surface area contributed by atoms with E-state index in [0.29, 0.717) is 22.7 Å². The van der Waals surface area contributed by atoms with Crippen LogP contribution in [0.5, 0.6) is 0 Å². The summed E-state index contributed by atoms with van der Waals surface area (Å²) >= 11 is 1.47. The Hall–Kier alpha value is -3.38. The highest BCUT2D eigenvalue weighted by atomic mass is 32.2. The molecule has 0 aliphatic heterocycles. The lowest BCUT2D eigenvalue weighted by Gasteiger charge is -2.19. The fourth-order valence-electron chi connectivity index (χ4n) is 3.34. The molecule has 3 heterocycles. The number of rotatable bonds is 5. The Morgan fingerprint density at radius 1 is 1.19 bits per heavy atom. The average molecular weight is 434 g/mol. The summed E-state index contributed by atoms with van der Waals surface area (Å²) in [4.78, 5) is 16.8. The van der Waals surface area contributed by atoms with Crippen LogP contribution >= 0.6 is 11.8 Å². The second-order valence-corrected chi connectivity index (χ2v) is 9.15. The highest BCUT2D eigenvalue weighted by Crippen LogP contribution is 2.28. The minimum Gasteiger partial charge on any atom is -0.302 e.